The standard InChI is InChI=1S/C11H11ClN2O/c12-7-3-1-4-8-10(7)14-6-2-5-9(15)11(14)13-8/h1,3-4,9,15H,2,5-6H2. The van der Waals surface area contributed by atoms with Gasteiger partial charge in [-0.25, -0.2) is 4.98 Å². The second-order valence-corrected chi connectivity index (χ2v) is 4.29. The third-order valence-corrected chi connectivity index (χ3v) is 3.21. The highest BCUT2D eigenvalue weighted by Gasteiger charge is 2.22. The number of aromatic nitrogens is 2. The molecule has 0 aliphatic carbocycles. The first-order valence-electron chi connectivity index (χ1n) is 5.10. The molecule has 0 bridgehead atoms. The van der Waals surface area contributed by atoms with Gasteiger partial charge in [0.1, 0.15) is 11.9 Å². The van der Waals surface area contributed by atoms with Gasteiger partial charge in [-0.15, -0.1) is 0 Å². The predicted molar refractivity (Wildman–Crippen MR) is 58.9 cm³/mol. The van der Waals surface area contributed by atoms with Crippen molar-refractivity contribution in [2.45, 2.75) is 25.5 Å². The third-order valence-electron chi connectivity index (χ3n) is 2.90. The van der Waals surface area contributed by atoms with Gasteiger partial charge in [-0.1, -0.05) is 17.7 Å². The molecule has 0 saturated carbocycles. The van der Waals surface area contributed by atoms with E-state index in [0.29, 0.717) is 5.02 Å². The Kier molecular flexibility index (Phi) is 1.97. The van der Waals surface area contributed by atoms with Gasteiger partial charge in [0.25, 0.3) is 0 Å². The molecule has 1 aromatic carbocycles. The number of hydrogen-bond acceptors (Lipinski definition) is 2. The van der Waals surface area contributed by atoms with Crippen LogP contribution in [0.5, 0.6) is 0 Å². The Morgan fingerprint density at radius 3 is 3.20 bits per heavy atom. The largest absolute Gasteiger partial charge is 0.385 e. The number of aliphatic hydroxyl groups is 1. The SMILES string of the molecule is OC1CCCn2c1nc1cccc(Cl)c12. The Bertz CT molecular complexity index is 521. The average molecular weight is 223 g/mol. The highest BCUT2D eigenvalue weighted by atomic mass is 35.5. The zero-order valence-corrected chi connectivity index (χ0v) is 8.91. The molecular formula is C11H11ClN2O. The van der Waals surface area contributed by atoms with E-state index < -0.39 is 6.10 Å². The lowest BCUT2D eigenvalue weighted by molar-refractivity contribution is 0.135. The maximum Gasteiger partial charge on any atom is 0.138 e. The minimum absolute atomic E-state index is 0.442. The van der Waals surface area contributed by atoms with Crippen molar-refractivity contribution in [1.29, 1.82) is 0 Å². The maximum atomic E-state index is 9.83. The minimum Gasteiger partial charge on any atom is -0.385 e. The van der Waals surface area contributed by atoms with Crippen LogP contribution in [0.2, 0.25) is 5.02 Å². The molecule has 1 N–H and O–H groups in total. The van der Waals surface area contributed by atoms with E-state index in [4.69, 9.17) is 11.6 Å². The molecule has 0 spiro atoms. The van der Waals surface area contributed by atoms with Gasteiger partial charge in [0.2, 0.25) is 0 Å². The van der Waals surface area contributed by atoms with E-state index in [2.05, 4.69) is 4.98 Å². The van der Waals surface area contributed by atoms with E-state index in [1.54, 1.807) is 0 Å². The molecule has 1 aromatic heterocycles. The van der Waals surface area contributed by atoms with Gasteiger partial charge in [0, 0.05) is 6.54 Å². The summed E-state index contributed by atoms with van der Waals surface area (Å²) in [5.41, 5.74) is 1.83. The zero-order chi connectivity index (χ0) is 10.4. The number of para-hydroxylation sites is 1. The van der Waals surface area contributed by atoms with Crippen LogP contribution in [0.15, 0.2) is 18.2 Å². The van der Waals surface area contributed by atoms with Crippen LogP contribution in [0.3, 0.4) is 0 Å². The molecule has 0 radical (unpaired) electrons. The van der Waals surface area contributed by atoms with Crippen LogP contribution in [0.25, 0.3) is 11.0 Å². The van der Waals surface area contributed by atoms with Gasteiger partial charge in [0.05, 0.1) is 16.1 Å². The number of hydrogen-bond donors (Lipinski definition) is 1. The van der Waals surface area contributed by atoms with Crippen LogP contribution in [-0.4, -0.2) is 14.7 Å². The molecule has 2 heterocycles. The van der Waals surface area contributed by atoms with Gasteiger partial charge >= 0.3 is 0 Å². The highest BCUT2D eigenvalue weighted by Crippen LogP contribution is 2.31. The van der Waals surface area contributed by atoms with Crippen LogP contribution in [0, 0.1) is 0 Å². The monoisotopic (exact) mass is 222 g/mol. The topological polar surface area (TPSA) is 38.0 Å². The van der Waals surface area contributed by atoms with Crippen molar-refractivity contribution >= 4 is 22.6 Å². The summed E-state index contributed by atoms with van der Waals surface area (Å²) in [6.07, 6.45) is 1.33. The van der Waals surface area contributed by atoms with E-state index in [1.165, 1.54) is 0 Å². The molecule has 0 saturated heterocycles. The zero-order valence-electron chi connectivity index (χ0n) is 8.15. The van der Waals surface area contributed by atoms with E-state index in [0.717, 1.165) is 36.2 Å². The normalized spacial score (nSPS) is 20.5. The summed E-state index contributed by atoms with van der Waals surface area (Å²) < 4.78 is 2.03. The van der Waals surface area contributed by atoms with Gasteiger partial charge in [0.15, 0.2) is 0 Å². The number of benzene rings is 1. The molecule has 3 rings (SSSR count). The lowest BCUT2D eigenvalue weighted by atomic mass is 10.1. The summed E-state index contributed by atoms with van der Waals surface area (Å²) in [7, 11) is 0. The Labute approximate surface area is 92.3 Å². The molecular weight excluding hydrogens is 212 g/mol. The number of rotatable bonds is 0. The lowest BCUT2D eigenvalue weighted by Crippen LogP contribution is -2.15. The highest BCUT2D eigenvalue weighted by molar-refractivity contribution is 6.35. The van der Waals surface area contributed by atoms with Crippen LogP contribution in [-0.2, 0) is 6.54 Å². The molecule has 78 valence electrons. The van der Waals surface area contributed by atoms with Crippen LogP contribution in [0.1, 0.15) is 24.8 Å². The summed E-state index contributed by atoms with van der Waals surface area (Å²) in [6, 6.07) is 5.68. The number of nitrogens with zero attached hydrogens (tertiary/aromatic N) is 2. The maximum absolute atomic E-state index is 9.83. The smallest absolute Gasteiger partial charge is 0.138 e. The van der Waals surface area contributed by atoms with Crippen LogP contribution < -0.4 is 0 Å². The predicted octanol–water partition coefficient (Wildman–Crippen LogP) is 2.52. The summed E-state index contributed by atoms with van der Waals surface area (Å²) >= 11 is 6.14. The quantitative estimate of drug-likeness (QED) is 0.744. The molecule has 0 fully saturated rings. The number of fused-ring (bicyclic) bond motifs is 3. The van der Waals surface area contributed by atoms with Crippen molar-refractivity contribution in [1.82, 2.24) is 9.55 Å². The van der Waals surface area contributed by atoms with Crippen molar-refractivity contribution < 1.29 is 5.11 Å². The third kappa shape index (κ3) is 1.27. The van der Waals surface area contributed by atoms with E-state index >= 15 is 0 Å². The molecule has 1 atom stereocenters. The molecule has 1 aliphatic heterocycles. The van der Waals surface area contributed by atoms with Crippen molar-refractivity contribution in [2.24, 2.45) is 0 Å². The molecule has 2 aromatic rings. The summed E-state index contributed by atoms with van der Waals surface area (Å²) in [5.74, 6) is 0.754. The molecule has 1 aliphatic rings. The fraction of sp³-hybridized carbons (Fsp3) is 0.364. The Morgan fingerprint density at radius 2 is 2.33 bits per heavy atom. The molecule has 0 amide bonds. The van der Waals surface area contributed by atoms with Crippen LogP contribution in [0.4, 0.5) is 0 Å². The van der Waals surface area contributed by atoms with E-state index in [9.17, 15) is 5.11 Å². The van der Waals surface area contributed by atoms with Crippen molar-refractivity contribution in [3.8, 4) is 0 Å². The second kappa shape index (κ2) is 3.22. The Balaban J connectivity index is 2.36. The number of aryl methyl sites for hydroxylation is 1. The Morgan fingerprint density at radius 1 is 1.47 bits per heavy atom. The first kappa shape index (κ1) is 9.19. The molecule has 3 nitrogen and oxygen atoms in total. The molecule has 1 unspecified atom stereocenters. The van der Waals surface area contributed by atoms with Crippen molar-refractivity contribution in [3.63, 3.8) is 0 Å². The number of halogens is 1. The first-order valence-corrected chi connectivity index (χ1v) is 5.48. The van der Waals surface area contributed by atoms with Gasteiger partial charge in [-0.05, 0) is 25.0 Å². The van der Waals surface area contributed by atoms with Crippen molar-refractivity contribution in [3.05, 3.63) is 29.0 Å². The summed E-state index contributed by atoms with van der Waals surface area (Å²) in [6.45, 7) is 0.895. The number of imidazole rings is 1. The fourth-order valence-corrected chi connectivity index (χ4v) is 2.48. The van der Waals surface area contributed by atoms with E-state index in [-0.39, 0.29) is 0 Å². The average Bonchev–Trinajstić information content (AvgIpc) is 2.59. The van der Waals surface area contributed by atoms with Gasteiger partial charge in [-0.3, -0.25) is 0 Å². The molecule has 4 heteroatoms. The van der Waals surface area contributed by atoms with Crippen LogP contribution >= 0.6 is 11.6 Å². The Hall–Kier alpha value is -1.06. The van der Waals surface area contributed by atoms with Gasteiger partial charge in [-0.2, -0.15) is 0 Å². The lowest BCUT2D eigenvalue weighted by Gasteiger charge is -2.19. The summed E-state index contributed by atoms with van der Waals surface area (Å²) in [5, 5.41) is 10.5. The van der Waals surface area contributed by atoms with Crippen molar-refractivity contribution in [2.75, 3.05) is 0 Å². The second-order valence-electron chi connectivity index (χ2n) is 3.89. The molecule has 15 heavy (non-hydrogen) atoms. The minimum atomic E-state index is -0.442. The fourth-order valence-electron chi connectivity index (χ4n) is 2.21. The van der Waals surface area contributed by atoms with Gasteiger partial charge < -0.3 is 9.67 Å². The van der Waals surface area contributed by atoms with E-state index in [1.807, 2.05) is 22.8 Å². The first-order chi connectivity index (χ1) is 7.27. The number of aliphatic hydroxyl groups excluding tert-OH is 1. The summed E-state index contributed by atoms with van der Waals surface area (Å²) in [4.78, 5) is 4.42.